The largest absolute Gasteiger partial charge is 0.398 e. The van der Waals surface area contributed by atoms with Crippen LogP contribution in [0, 0.1) is 5.41 Å². The molecule has 7 heteroatoms. The molecule has 2 rings (SSSR count). The summed E-state index contributed by atoms with van der Waals surface area (Å²) in [5.74, 6) is 0. The standard InChI is InChI=1S/C12H17ClN2O3S/c13-9-1-2-10(14)11(7-9)19(17,18)15-8-12(3-4-12)5-6-16/h1-2,7,15-16H,3-6,8,14H2. The highest BCUT2D eigenvalue weighted by atomic mass is 35.5. The van der Waals surface area contributed by atoms with E-state index < -0.39 is 10.0 Å². The van der Waals surface area contributed by atoms with Crippen LogP contribution in [0.3, 0.4) is 0 Å². The maximum Gasteiger partial charge on any atom is 0.242 e. The number of sulfonamides is 1. The van der Waals surface area contributed by atoms with Crippen LogP contribution in [0.2, 0.25) is 5.02 Å². The fourth-order valence-corrected chi connectivity index (χ4v) is 3.54. The molecule has 4 N–H and O–H groups in total. The van der Waals surface area contributed by atoms with Crippen molar-refractivity contribution in [2.75, 3.05) is 18.9 Å². The molecule has 0 bridgehead atoms. The van der Waals surface area contributed by atoms with Gasteiger partial charge in [0.1, 0.15) is 4.90 Å². The number of hydrogen-bond acceptors (Lipinski definition) is 4. The molecule has 0 aromatic heterocycles. The molecule has 1 aliphatic rings. The maximum absolute atomic E-state index is 12.2. The summed E-state index contributed by atoms with van der Waals surface area (Å²) in [4.78, 5) is -0.000187. The lowest BCUT2D eigenvalue weighted by Crippen LogP contribution is -2.31. The number of aliphatic hydroxyl groups excluding tert-OH is 1. The third kappa shape index (κ3) is 3.39. The monoisotopic (exact) mass is 304 g/mol. The molecule has 0 spiro atoms. The van der Waals surface area contributed by atoms with Crippen LogP contribution < -0.4 is 10.5 Å². The molecule has 0 heterocycles. The zero-order chi connectivity index (χ0) is 14.1. The van der Waals surface area contributed by atoms with E-state index in [-0.39, 0.29) is 22.6 Å². The number of aliphatic hydroxyl groups is 1. The van der Waals surface area contributed by atoms with Crippen molar-refractivity contribution in [1.29, 1.82) is 0 Å². The highest BCUT2D eigenvalue weighted by Crippen LogP contribution is 2.48. The Labute approximate surface area is 117 Å². The number of hydrogen-bond donors (Lipinski definition) is 3. The molecule has 1 saturated carbocycles. The van der Waals surface area contributed by atoms with Gasteiger partial charge in [0.05, 0.1) is 5.69 Å². The van der Waals surface area contributed by atoms with Gasteiger partial charge in [-0.2, -0.15) is 0 Å². The van der Waals surface area contributed by atoms with Crippen molar-refractivity contribution < 1.29 is 13.5 Å². The SMILES string of the molecule is Nc1ccc(Cl)cc1S(=O)(=O)NCC1(CCO)CC1. The maximum atomic E-state index is 12.2. The minimum atomic E-state index is -3.67. The summed E-state index contributed by atoms with van der Waals surface area (Å²) in [7, 11) is -3.67. The smallest absolute Gasteiger partial charge is 0.242 e. The molecule has 1 aromatic carbocycles. The quantitative estimate of drug-likeness (QED) is 0.692. The van der Waals surface area contributed by atoms with Gasteiger partial charge in [-0.3, -0.25) is 0 Å². The summed E-state index contributed by atoms with van der Waals surface area (Å²) in [5.41, 5.74) is 5.75. The molecule has 0 saturated heterocycles. The number of nitrogens with two attached hydrogens (primary N) is 1. The van der Waals surface area contributed by atoms with Crippen molar-refractivity contribution in [3.05, 3.63) is 23.2 Å². The number of benzene rings is 1. The first-order chi connectivity index (χ1) is 8.88. The lowest BCUT2D eigenvalue weighted by atomic mass is 10.0. The van der Waals surface area contributed by atoms with Gasteiger partial charge in [0, 0.05) is 18.2 Å². The Morgan fingerprint density at radius 1 is 1.42 bits per heavy atom. The summed E-state index contributed by atoms with van der Waals surface area (Å²) in [6, 6.07) is 4.35. The first-order valence-electron chi connectivity index (χ1n) is 6.04. The zero-order valence-corrected chi connectivity index (χ0v) is 12.0. The van der Waals surface area contributed by atoms with E-state index in [2.05, 4.69) is 4.72 Å². The van der Waals surface area contributed by atoms with Crippen LogP contribution in [0.15, 0.2) is 23.1 Å². The van der Waals surface area contributed by atoms with Gasteiger partial charge in [0.15, 0.2) is 0 Å². The fourth-order valence-electron chi connectivity index (χ4n) is 2.00. The first kappa shape index (κ1) is 14.6. The Hall–Kier alpha value is -0.820. The molecule has 0 unspecified atom stereocenters. The number of halogens is 1. The molecular formula is C12H17ClN2O3S. The minimum Gasteiger partial charge on any atom is -0.398 e. The summed E-state index contributed by atoms with van der Waals surface area (Å²) in [5, 5.41) is 9.28. The van der Waals surface area contributed by atoms with Crippen LogP contribution >= 0.6 is 11.6 Å². The summed E-state index contributed by atoms with van der Waals surface area (Å²) in [6.45, 7) is 0.392. The fraction of sp³-hybridized carbons (Fsp3) is 0.500. The molecule has 1 fully saturated rings. The minimum absolute atomic E-state index is 0.000187. The third-order valence-electron chi connectivity index (χ3n) is 3.50. The Balaban J connectivity index is 2.12. The normalized spacial score (nSPS) is 17.4. The van der Waals surface area contributed by atoms with Crippen molar-refractivity contribution in [3.8, 4) is 0 Å². The molecule has 5 nitrogen and oxygen atoms in total. The van der Waals surface area contributed by atoms with Crippen molar-refractivity contribution >= 4 is 27.3 Å². The lowest BCUT2D eigenvalue weighted by Gasteiger charge is -2.15. The molecule has 0 aliphatic heterocycles. The second-order valence-corrected chi connectivity index (χ2v) is 7.15. The first-order valence-corrected chi connectivity index (χ1v) is 7.90. The van der Waals surface area contributed by atoms with Crippen LogP contribution in [0.1, 0.15) is 19.3 Å². The molecular weight excluding hydrogens is 288 g/mol. The van der Waals surface area contributed by atoms with Crippen LogP contribution in [0.25, 0.3) is 0 Å². The van der Waals surface area contributed by atoms with Crippen LogP contribution in [-0.4, -0.2) is 26.7 Å². The number of rotatable bonds is 6. The van der Waals surface area contributed by atoms with Gasteiger partial charge in [-0.15, -0.1) is 0 Å². The van der Waals surface area contributed by atoms with E-state index in [1.54, 1.807) is 6.07 Å². The Kier molecular flexibility index (Phi) is 4.06. The molecule has 0 atom stereocenters. The van der Waals surface area contributed by atoms with E-state index in [1.807, 2.05) is 0 Å². The lowest BCUT2D eigenvalue weighted by molar-refractivity contribution is 0.249. The summed E-state index contributed by atoms with van der Waals surface area (Å²) in [6.07, 6.45) is 2.47. The van der Waals surface area contributed by atoms with E-state index >= 15 is 0 Å². The second-order valence-electron chi connectivity index (χ2n) is 4.98. The van der Waals surface area contributed by atoms with Crippen molar-refractivity contribution in [2.24, 2.45) is 5.41 Å². The highest BCUT2D eigenvalue weighted by Gasteiger charge is 2.42. The molecule has 1 aromatic rings. The van der Waals surface area contributed by atoms with E-state index in [0.717, 1.165) is 12.8 Å². The summed E-state index contributed by atoms with van der Waals surface area (Å²) >= 11 is 5.79. The average molecular weight is 305 g/mol. The number of nitrogen functional groups attached to an aromatic ring is 1. The third-order valence-corrected chi connectivity index (χ3v) is 5.19. The zero-order valence-electron chi connectivity index (χ0n) is 10.4. The Morgan fingerprint density at radius 2 is 2.11 bits per heavy atom. The van der Waals surface area contributed by atoms with E-state index in [9.17, 15) is 8.42 Å². The number of nitrogens with one attached hydrogen (secondary N) is 1. The highest BCUT2D eigenvalue weighted by molar-refractivity contribution is 7.89. The second kappa shape index (κ2) is 5.28. The van der Waals surface area contributed by atoms with Gasteiger partial charge in [0.2, 0.25) is 10.0 Å². The van der Waals surface area contributed by atoms with E-state index in [1.165, 1.54) is 12.1 Å². The molecule has 106 valence electrons. The van der Waals surface area contributed by atoms with Gasteiger partial charge >= 0.3 is 0 Å². The van der Waals surface area contributed by atoms with Gasteiger partial charge in [-0.05, 0) is 42.9 Å². The molecule has 19 heavy (non-hydrogen) atoms. The topological polar surface area (TPSA) is 92.4 Å². The molecule has 0 amide bonds. The van der Waals surface area contributed by atoms with E-state index in [0.29, 0.717) is 18.0 Å². The van der Waals surface area contributed by atoms with Crippen LogP contribution in [-0.2, 0) is 10.0 Å². The predicted octanol–water partition coefficient (Wildman–Crippen LogP) is 1.36. The van der Waals surface area contributed by atoms with Crippen LogP contribution in [0.4, 0.5) is 5.69 Å². The average Bonchev–Trinajstić information content (AvgIpc) is 3.11. The Bertz CT molecular complexity index is 570. The van der Waals surface area contributed by atoms with Gasteiger partial charge in [-0.25, -0.2) is 13.1 Å². The van der Waals surface area contributed by atoms with Gasteiger partial charge in [-0.1, -0.05) is 11.6 Å². The van der Waals surface area contributed by atoms with Crippen molar-refractivity contribution in [2.45, 2.75) is 24.2 Å². The van der Waals surface area contributed by atoms with Crippen LogP contribution in [0.5, 0.6) is 0 Å². The molecule has 0 radical (unpaired) electrons. The Morgan fingerprint density at radius 3 is 2.68 bits per heavy atom. The van der Waals surface area contributed by atoms with E-state index in [4.69, 9.17) is 22.4 Å². The van der Waals surface area contributed by atoms with Gasteiger partial charge in [0.25, 0.3) is 0 Å². The predicted molar refractivity (Wildman–Crippen MR) is 74.4 cm³/mol. The van der Waals surface area contributed by atoms with Gasteiger partial charge < -0.3 is 10.8 Å². The molecule has 1 aliphatic carbocycles. The summed E-state index contributed by atoms with van der Waals surface area (Å²) < 4.78 is 26.9. The number of anilines is 1. The van der Waals surface area contributed by atoms with Crippen molar-refractivity contribution in [1.82, 2.24) is 4.72 Å². The van der Waals surface area contributed by atoms with Crippen molar-refractivity contribution in [3.63, 3.8) is 0 Å².